The molecule has 0 bridgehead atoms. The lowest BCUT2D eigenvalue weighted by Crippen LogP contribution is -2.20. The number of benzene rings is 5. The van der Waals surface area contributed by atoms with E-state index in [1.165, 1.54) is 60.5 Å². The van der Waals surface area contributed by atoms with Crippen LogP contribution in [-0.4, -0.2) is 24.1 Å². The third-order valence-electron chi connectivity index (χ3n) is 6.52. The first-order chi connectivity index (χ1) is 22.8. The van der Waals surface area contributed by atoms with Gasteiger partial charge in [-0.2, -0.15) is 0 Å². The highest BCUT2D eigenvalue weighted by Crippen LogP contribution is 2.32. The van der Waals surface area contributed by atoms with Crippen molar-refractivity contribution < 1.29 is 19.3 Å². The molecule has 0 aliphatic heterocycles. The Morgan fingerprint density at radius 1 is 0.681 bits per heavy atom. The smallest absolute Gasteiger partial charge is 0.270 e. The van der Waals surface area contributed by atoms with E-state index in [9.17, 15) is 20.2 Å². The molecule has 0 atom stereocenters. The van der Waals surface area contributed by atoms with Crippen molar-refractivity contribution in [3.8, 4) is 11.5 Å². The van der Waals surface area contributed by atoms with Gasteiger partial charge in [0.25, 0.3) is 11.4 Å². The topological polar surface area (TPSA) is 180 Å². The molecule has 0 aromatic heterocycles. The lowest BCUT2D eigenvalue weighted by Gasteiger charge is -2.18. The Morgan fingerprint density at radius 3 is 1.40 bits per heavy atom. The van der Waals surface area contributed by atoms with Gasteiger partial charge in [-0.1, -0.05) is 96.1 Å². The van der Waals surface area contributed by atoms with Crippen LogP contribution in [0.2, 0.25) is 0 Å². The zero-order chi connectivity index (χ0) is 34.0. The fourth-order valence-electron chi connectivity index (χ4n) is 4.33. The van der Waals surface area contributed by atoms with E-state index in [4.69, 9.17) is 20.7 Å². The largest absolute Gasteiger partial charge is 0.496 e. The molecule has 0 aliphatic rings. The van der Waals surface area contributed by atoms with E-state index in [1.807, 2.05) is 0 Å². The van der Waals surface area contributed by atoms with Crippen LogP contribution >= 0.6 is 7.92 Å². The van der Waals surface area contributed by atoms with Crippen molar-refractivity contribution in [2.75, 3.05) is 14.2 Å². The van der Waals surface area contributed by atoms with Crippen LogP contribution in [0.25, 0.3) is 10.4 Å². The summed E-state index contributed by atoms with van der Waals surface area (Å²) >= 11 is 0. The fourth-order valence-corrected chi connectivity index (χ4v) is 6.63. The van der Waals surface area contributed by atoms with Crippen molar-refractivity contribution in [3.63, 3.8) is 0 Å². The monoisotopic (exact) mass is 652 g/mol. The highest BCUT2D eigenvalue weighted by molar-refractivity contribution is 7.79. The molecular weight excluding hydrogens is 619 g/mol. The van der Waals surface area contributed by atoms with Gasteiger partial charge in [0.2, 0.25) is 0 Å². The van der Waals surface area contributed by atoms with Crippen LogP contribution in [0, 0.1) is 20.2 Å². The zero-order valence-corrected chi connectivity index (χ0v) is 26.6. The van der Waals surface area contributed by atoms with Gasteiger partial charge in [0, 0.05) is 46.8 Å². The van der Waals surface area contributed by atoms with Crippen molar-refractivity contribution in [2.24, 2.45) is 10.8 Å². The van der Waals surface area contributed by atoms with E-state index in [-0.39, 0.29) is 24.5 Å². The summed E-state index contributed by atoms with van der Waals surface area (Å²) in [6, 6.07) is 40.8. The maximum absolute atomic E-state index is 10.5. The number of rotatable bonds is 10. The van der Waals surface area contributed by atoms with Gasteiger partial charge in [-0.05, 0) is 41.5 Å². The highest BCUT2D eigenvalue weighted by atomic mass is 31.1. The molecule has 0 spiro atoms. The minimum Gasteiger partial charge on any atom is -0.496 e. The summed E-state index contributed by atoms with van der Waals surface area (Å²) in [6.45, 7) is 0.256. The van der Waals surface area contributed by atoms with Crippen molar-refractivity contribution in [2.45, 2.75) is 13.1 Å². The minimum absolute atomic E-state index is 0.0289. The summed E-state index contributed by atoms with van der Waals surface area (Å²) in [4.78, 5) is 22.5. The molecule has 5 aromatic carbocycles. The molecule has 0 saturated carbocycles. The number of methoxy groups -OCH3 is 2. The van der Waals surface area contributed by atoms with E-state index < -0.39 is 17.8 Å². The number of azide groups is 1. The molecule has 0 unspecified atom stereocenters. The maximum atomic E-state index is 10.5. The van der Waals surface area contributed by atoms with Gasteiger partial charge in [0.05, 0.1) is 30.6 Å². The fraction of sp³-hybridized carbons (Fsp3) is 0.118. The molecule has 13 heteroatoms. The summed E-state index contributed by atoms with van der Waals surface area (Å²) in [5.41, 5.74) is 14.6. The second-order valence-electron chi connectivity index (χ2n) is 9.44. The van der Waals surface area contributed by atoms with Crippen molar-refractivity contribution in [1.29, 1.82) is 0 Å². The summed E-state index contributed by atoms with van der Waals surface area (Å²) in [5, 5.41) is 28.4. The molecule has 0 fully saturated rings. The Kier molecular flexibility index (Phi) is 14.3. The molecular formula is C34H33N6O6P. The van der Waals surface area contributed by atoms with Gasteiger partial charge in [0.15, 0.2) is 0 Å². The summed E-state index contributed by atoms with van der Waals surface area (Å²) < 4.78 is 9.94. The first-order valence-electron chi connectivity index (χ1n) is 14.1. The molecule has 0 aliphatic carbocycles. The van der Waals surface area contributed by atoms with Crippen LogP contribution < -0.4 is 31.1 Å². The predicted octanol–water partition coefficient (Wildman–Crippen LogP) is 6.92. The Morgan fingerprint density at radius 2 is 1.06 bits per heavy atom. The van der Waals surface area contributed by atoms with Gasteiger partial charge in [0.1, 0.15) is 11.5 Å². The maximum Gasteiger partial charge on any atom is 0.270 e. The summed E-state index contributed by atoms with van der Waals surface area (Å²) in [5.74, 6) is 1.04. The SMILES string of the molecule is COc1ccc([N+](=O)[O-])cc1CN.COc1ccc([N+](=O)[O-])cc1CN=[N+]=[N-].c1ccc(P(c2ccccc2)c2ccccc2)cc1. The number of nitro benzene ring substituents is 2. The van der Waals surface area contributed by atoms with Crippen LogP contribution in [0.5, 0.6) is 11.5 Å². The number of ether oxygens (including phenoxy) is 2. The number of hydrogen-bond donors (Lipinski definition) is 1. The number of nitro groups is 2. The Labute approximate surface area is 273 Å². The van der Waals surface area contributed by atoms with Gasteiger partial charge < -0.3 is 15.2 Å². The Hall–Kier alpha value is -5.80. The molecule has 12 nitrogen and oxygen atoms in total. The highest BCUT2D eigenvalue weighted by Gasteiger charge is 2.15. The second kappa shape index (κ2) is 18.9. The van der Waals surface area contributed by atoms with E-state index >= 15 is 0 Å². The van der Waals surface area contributed by atoms with Crippen LogP contribution in [0.1, 0.15) is 11.1 Å². The molecule has 5 rings (SSSR count). The normalized spacial score (nSPS) is 9.87. The van der Waals surface area contributed by atoms with Crippen LogP contribution in [0.4, 0.5) is 11.4 Å². The van der Waals surface area contributed by atoms with Gasteiger partial charge in [-0.3, -0.25) is 20.2 Å². The van der Waals surface area contributed by atoms with E-state index in [1.54, 1.807) is 6.07 Å². The molecule has 2 N–H and O–H groups in total. The number of non-ortho nitro benzene ring substituents is 2. The number of nitrogens with two attached hydrogens (primary N) is 1. The van der Waals surface area contributed by atoms with Crippen molar-refractivity contribution in [1.82, 2.24) is 0 Å². The Bertz CT molecular complexity index is 1700. The van der Waals surface area contributed by atoms with Crippen LogP contribution in [0.15, 0.2) is 133 Å². The summed E-state index contributed by atoms with van der Waals surface area (Å²) in [7, 11) is 2.50. The quantitative estimate of drug-likeness (QED) is 0.0424. The lowest BCUT2D eigenvalue weighted by atomic mass is 10.2. The molecule has 240 valence electrons. The molecule has 47 heavy (non-hydrogen) atoms. The van der Waals surface area contributed by atoms with Crippen molar-refractivity contribution in [3.05, 3.63) is 169 Å². The predicted molar refractivity (Wildman–Crippen MR) is 185 cm³/mol. The Balaban J connectivity index is 0.000000196. The second-order valence-corrected chi connectivity index (χ2v) is 11.7. The average Bonchev–Trinajstić information content (AvgIpc) is 3.12. The van der Waals surface area contributed by atoms with Gasteiger partial charge in [-0.15, -0.1) is 0 Å². The number of nitrogens with zero attached hydrogens (tertiary/aromatic N) is 5. The first kappa shape index (κ1) is 35.7. The third-order valence-corrected chi connectivity index (χ3v) is 8.96. The lowest BCUT2D eigenvalue weighted by molar-refractivity contribution is -0.385. The van der Waals surface area contributed by atoms with Crippen molar-refractivity contribution >= 4 is 35.2 Å². The van der Waals surface area contributed by atoms with E-state index in [2.05, 4.69) is 101 Å². The van der Waals surface area contributed by atoms with Crippen LogP contribution in [-0.2, 0) is 13.1 Å². The zero-order valence-electron chi connectivity index (χ0n) is 25.7. The standard InChI is InChI=1S/C18H15P.C8H8N4O3.C8H10N2O3/c1-4-10-16(11-5-1)19(17-12-6-2-7-13-17)18-14-8-3-9-15-18;1-15-8-3-2-7(12(13)14)4-6(8)5-10-11-9;1-13-8-3-2-7(10(11)12)4-6(8)5-9/h1-15H;2-4H,5H2,1H3;2-4H,5,9H2,1H3. The first-order valence-corrected chi connectivity index (χ1v) is 15.5. The third kappa shape index (κ3) is 10.7. The van der Waals surface area contributed by atoms with Gasteiger partial charge in [-0.25, -0.2) is 0 Å². The molecule has 5 aromatic rings. The van der Waals surface area contributed by atoms with Crippen LogP contribution in [0.3, 0.4) is 0 Å². The summed E-state index contributed by atoms with van der Waals surface area (Å²) in [6.07, 6.45) is 0. The molecule has 0 heterocycles. The van der Waals surface area contributed by atoms with Gasteiger partial charge >= 0.3 is 0 Å². The number of hydrogen-bond acceptors (Lipinski definition) is 8. The van der Waals surface area contributed by atoms with E-state index in [0.29, 0.717) is 22.6 Å². The molecule has 0 radical (unpaired) electrons. The average molecular weight is 653 g/mol. The minimum atomic E-state index is -0.515. The molecule has 0 amide bonds. The van der Waals surface area contributed by atoms with E-state index in [0.717, 1.165) is 0 Å². The molecule has 0 saturated heterocycles.